The van der Waals surface area contributed by atoms with E-state index >= 15 is 0 Å². The summed E-state index contributed by atoms with van der Waals surface area (Å²) >= 11 is 5.62. The van der Waals surface area contributed by atoms with Crippen LogP contribution in [0.25, 0.3) is 0 Å². The number of hydrogen-bond donors (Lipinski definition) is 1. The zero-order chi connectivity index (χ0) is 9.14. The first-order chi connectivity index (χ1) is 5.65. The van der Waals surface area contributed by atoms with Crippen LogP contribution in [0.3, 0.4) is 0 Å². The maximum atomic E-state index is 12.5. The average molecular weight is 192 g/mol. The third kappa shape index (κ3) is 1.93. The van der Waals surface area contributed by atoms with Gasteiger partial charge in [-0.25, -0.2) is 8.78 Å². The Bertz CT molecular complexity index is 278. The molecule has 0 amide bonds. The van der Waals surface area contributed by atoms with E-state index in [0.717, 1.165) is 6.07 Å². The molecule has 0 aliphatic carbocycles. The lowest BCUT2D eigenvalue weighted by Gasteiger charge is -2.08. The Morgan fingerprint density at radius 1 is 1.50 bits per heavy atom. The molecule has 0 spiro atoms. The van der Waals surface area contributed by atoms with Gasteiger partial charge in [0, 0.05) is 5.02 Å². The summed E-state index contributed by atoms with van der Waals surface area (Å²) in [6.45, 7) is -0.703. The van der Waals surface area contributed by atoms with Crippen molar-refractivity contribution in [3.63, 3.8) is 0 Å². The number of hydrogen-bond acceptors (Lipinski definition) is 1. The molecule has 0 aliphatic rings. The van der Waals surface area contributed by atoms with E-state index in [9.17, 15) is 8.78 Å². The molecule has 0 heterocycles. The predicted octanol–water partition coefficient (Wildman–Crippen LogP) is 2.45. The summed E-state index contributed by atoms with van der Waals surface area (Å²) in [5.74, 6) is -0.449. The molecule has 0 saturated heterocycles. The lowest BCUT2D eigenvalue weighted by Crippen LogP contribution is -2.12. The second-order valence-corrected chi connectivity index (χ2v) is 2.83. The summed E-state index contributed by atoms with van der Waals surface area (Å²) in [4.78, 5) is 0. The van der Waals surface area contributed by atoms with Crippen LogP contribution in [0, 0.1) is 5.82 Å². The van der Waals surface area contributed by atoms with Gasteiger partial charge in [0.1, 0.15) is 12.5 Å². The second-order valence-electron chi connectivity index (χ2n) is 2.43. The minimum Gasteiger partial charge on any atom is -0.322 e. The van der Waals surface area contributed by atoms with Gasteiger partial charge >= 0.3 is 0 Å². The molecular weight excluding hydrogens is 184 g/mol. The van der Waals surface area contributed by atoms with Gasteiger partial charge in [-0.1, -0.05) is 17.7 Å². The Morgan fingerprint density at radius 3 is 2.67 bits per heavy atom. The van der Waals surface area contributed by atoms with E-state index in [0.29, 0.717) is 5.56 Å². The number of nitrogens with two attached hydrogens (primary N) is 1. The number of alkyl halides is 1. The highest BCUT2D eigenvalue weighted by atomic mass is 35.5. The fourth-order valence-electron chi connectivity index (χ4n) is 0.885. The molecule has 66 valence electrons. The Balaban J connectivity index is 3.01. The average Bonchev–Trinajstić information content (AvgIpc) is 2.03. The van der Waals surface area contributed by atoms with Crippen LogP contribution in [0.2, 0.25) is 5.02 Å². The number of halogens is 3. The minimum atomic E-state index is -0.766. The van der Waals surface area contributed by atoms with Crippen molar-refractivity contribution in [3.05, 3.63) is 34.6 Å². The first kappa shape index (κ1) is 9.42. The monoisotopic (exact) mass is 191 g/mol. The van der Waals surface area contributed by atoms with Crippen molar-refractivity contribution in [2.75, 3.05) is 6.67 Å². The van der Waals surface area contributed by atoms with E-state index in [-0.39, 0.29) is 5.02 Å². The summed E-state index contributed by atoms with van der Waals surface area (Å²) in [5.41, 5.74) is 5.79. The Hall–Kier alpha value is -0.670. The largest absolute Gasteiger partial charge is 0.322 e. The minimum absolute atomic E-state index is 0.167. The molecule has 1 rings (SSSR count). The van der Waals surface area contributed by atoms with Crippen molar-refractivity contribution in [1.29, 1.82) is 0 Å². The van der Waals surface area contributed by atoms with E-state index in [1.807, 2.05) is 0 Å². The third-order valence-corrected chi connectivity index (χ3v) is 1.86. The van der Waals surface area contributed by atoms with Gasteiger partial charge in [-0.2, -0.15) is 0 Å². The molecular formula is C8H8ClF2N. The summed E-state index contributed by atoms with van der Waals surface area (Å²) in [7, 11) is 0. The van der Waals surface area contributed by atoms with Gasteiger partial charge in [0.05, 0.1) is 6.04 Å². The molecule has 0 saturated carbocycles. The standard InChI is InChI=1S/C8H8ClF2N/c9-7-3-5(11)1-2-6(7)8(12)4-10/h1-3,8H,4,12H2/t8-/m1/s1. The van der Waals surface area contributed by atoms with Crippen molar-refractivity contribution >= 4 is 11.6 Å². The summed E-state index contributed by atoms with van der Waals surface area (Å²) in [5, 5.41) is 0.167. The van der Waals surface area contributed by atoms with Gasteiger partial charge in [-0.15, -0.1) is 0 Å². The maximum absolute atomic E-state index is 12.5. The van der Waals surface area contributed by atoms with E-state index in [4.69, 9.17) is 17.3 Å². The number of benzene rings is 1. The fraction of sp³-hybridized carbons (Fsp3) is 0.250. The van der Waals surface area contributed by atoms with Crippen LogP contribution in [0.5, 0.6) is 0 Å². The normalized spacial score (nSPS) is 13.0. The highest BCUT2D eigenvalue weighted by Gasteiger charge is 2.09. The first-order valence-corrected chi connectivity index (χ1v) is 3.79. The maximum Gasteiger partial charge on any atom is 0.124 e. The van der Waals surface area contributed by atoms with Gasteiger partial charge in [0.25, 0.3) is 0 Å². The van der Waals surface area contributed by atoms with E-state index in [2.05, 4.69) is 0 Å². The smallest absolute Gasteiger partial charge is 0.124 e. The summed E-state index contributed by atoms with van der Waals surface area (Å²) < 4.78 is 24.6. The highest BCUT2D eigenvalue weighted by molar-refractivity contribution is 6.31. The van der Waals surface area contributed by atoms with Crippen LogP contribution < -0.4 is 5.73 Å². The molecule has 0 unspecified atom stereocenters. The van der Waals surface area contributed by atoms with Crippen molar-refractivity contribution in [1.82, 2.24) is 0 Å². The lowest BCUT2D eigenvalue weighted by atomic mass is 10.1. The molecule has 1 atom stereocenters. The quantitative estimate of drug-likeness (QED) is 0.764. The zero-order valence-electron chi connectivity index (χ0n) is 6.23. The third-order valence-electron chi connectivity index (χ3n) is 1.53. The predicted molar refractivity (Wildman–Crippen MR) is 44.3 cm³/mol. The molecule has 0 aliphatic heterocycles. The van der Waals surface area contributed by atoms with Crippen molar-refractivity contribution in [3.8, 4) is 0 Å². The molecule has 2 N–H and O–H groups in total. The van der Waals surface area contributed by atoms with Gasteiger partial charge < -0.3 is 5.73 Å². The Labute approximate surface area is 74.1 Å². The second kappa shape index (κ2) is 3.83. The number of rotatable bonds is 2. The fourth-order valence-corrected chi connectivity index (χ4v) is 1.19. The topological polar surface area (TPSA) is 26.0 Å². The van der Waals surface area contributed by atoms with Crippen molar-refractivity contribution < 1.29 is 8.78 Å². The SMILES string of the molecule is N[C@H](CF)c1ccc(F)cc1Cl. The Kier molecular flexibility index (Phi) is 3.00. The molecule has 1 aromatic carbocycles. The van der Waals surface area contributed by atoms with Gasteiger partial charge in [0.15, 0.2) is 0 Å². The first-order valence-electron chi connectivity index (χ1n) is 3.41. The van der Waals surface area contributed by atoms with Gasteiger partial charge in [-0.05, 0) is 17.7 Å². The molecule has 0 fully saturated rings. The van der Waals surface area contributed by atoms with Crippen LogP contribution in [-0.4, -0.2) is 6.67 Å². The van der Waals surface area contributed by atoms with Gasteiger partial charge in [-0.3, -0.25) is 0 Å². The van der Waals surface area contributed by atoms with Crippen LogP contribution in [-0.2, 0) is 0 Å². The molecule has 0 aromatic heterocycles. The van der Waals surface area contributed by atoms with Crippen LogP contribution >= 0.6 is 11.6 Å². The van der Waals surface area contributed by atoms with Crippen molar-refractivity contribution in [2.45, 2.75) is 6.04 Å². The summed E-state index contributed by atoms with van der Waals surface area (Å²) in [6, 6.07) is 2.95. The lowest BCUT2D eigenvalue weighted by molar-refractivity contribution is 0.437. The van der Waals surface area contributed by atoms with E-state index in [1.54, 1.807) is 0 Å². The van der Waals surface area contributed by atoms with E-state index in [1.165, 1.54) is 12.1 Å². The molecule has 0 bridgehead atoms. The Morgan fingerprint density at radius 2 is 2.17 bits per heavy atom. The molecule has 12 heavy (non-hydrogen) atoms. The van der Waals surface area contributed by atoms with Gasteiger partial charge in [0.2, 0.25) is 0 Å². The highest BCUT2D eigenvalue weighted by Crippen LogP contribution is 2.22. The molecule has 4 heteroatoms. The van der Waals surface area contributed by atoms with Crippen LogP contribution in [0.15, 0.2) is 18.2 Å². The van der Waals surface area contributed by atoms with E-state index < -0.39 is 18.5 Å². The van der Waals surface area contributed by atoms with Crippen LogP contribution in [0.1, 0.15) is 11.6 Å². The molecule has 1 nitrogen and oxygen atoms in total. The zero-order valence-corrected chi connectivity index (χ0v) is 6.98. The molecule has 0 radical (unpaired) electrons. The molecule has 1 aromatic rings. The van der Waals surface area contributed by atoms with Crippen molar-refractivity contribution in [2.24, 2.45) is 5.73 Å². The summed E-state index contributed by atoms with van der Waals surface area (Å²) in [6.07, 6.45) is 0. The van der Waals surface area contributed by atoms with Crippen LogP contribution in [0.4, 0.5) is 8.78 Å².